The van der Waals surface area contributed by atoms with Gasteiger partial charge in [0.25, 0.3) is 0 Å². The summed E-state index contributed by atoms with van der Waals surface area (Å²) in [6.07, 6.45) is 1.09. The van der Waals surface area contributed by atoms with E-state index in [0.29, 0.717) is 6.54 Å². The maximum Gasteiger partial charge on any atom is 0.102 e. The van der Waals surface area contributed by atoms with Crippen LogP contribution < -0.4 is 11.1 Å². The van der Waals surface area contributed by atoms with E-state index in [1.54, 1.807) is 0 Å². The van der Waals surface area contributed by atoms with Crippen LogP contribution in [0.3, 0.4) is 0 Å². The van der Waals surface area contributed by atoms with Crippen LogP contribution in [0.4, 0.5) is 0 Å². The Morgan fingerprint density at radius 1 is 0.952 bits per heavy atom. The van der Waals surface area contributed by atoms with Gasteiger partial charge in [0.05, 0.1) is 12.1 Å². The van der Waals surface area contributed by atoms with E-state index in [9.17, 15) is 0 Å². The SMILES string of the molecule is NCC[C@@H]1CN[C@H](c2ccccc2)[C@H](c2ccccc2)O1. The van der Waals surface area contributed by atoms with Crippen LogP contribution in [-0.4, -0.2) is 19.2 Å². The van der Waals surface area contributed by atoms with E-state index < -0.39 is 0 Å². The van der Waals surface area contributed by atoms with Crippen LogP contribution in [0.5, 0.6) is 0 Å². The van der Waals surface area contributed by atoms with Crippen LogP contribution >= 0.6 is 0 Å². The Bertz CT molecular complexity index is 544. The fraction of sp³-hybridized carbons (Fsp3) is 0.333. The van der Waals surface area contributed by atoms with Crippen LogP contribution in [0.2, 0.25) is 0 Å². The van der Waals surface area contributed by atoms with E-state index in [1.807, 2.05) is 12.1 Å². The average Bonchev–Trinajstić information content (AvgIpc) is 2.57. The Hall–Kier alpha value is -1.68. The molecule has 0 radical (unpaired) electrons. The second kappa shape index (κ2) is 6.85. The molecule has 0 saturated carbocycles. The first-order chi connectivity index (χ1) is 10.4. The number of nitrogens with one attached hydrogen (secondary N) is 1. The van der Waals surface area contributed by atoms with E-state index in [0.717, 1.165) is 13.0 Å². The monoisotopic (exact) mass is 282 g/mol. The summed E-state index contributed by atoms with van der Waals surface area (Å²) in [5.74, 6) is 0. The predicted molar refractivity (Wildman–Crippen MR) is 84.9 cm³/mol. The van der Waals surface area contributed by atoms with Crippen LogP contribution in [0.1, 0.15) is 29.7 Å². The second-order valence-corrected chi connectivity index (χ2v) is 5.46. The molecular weight excluding hydrogens is 260 g/mol. The molecule has 0 spiro atoms. The predicted octanol–water partition coefficient (Wildman–Crippen LogP) is 2.81. The first-order valence-electron chi connectivity index (χ1n) is 7.57. The van der Waals surface area contributed by atoms with E-state index >= 15 is 0 Å². The molecule has 1 aliphatic heterocycles. The minimum atomic E-state index is 0.0268. The Balaban J connectivity index is 1.88. The van der Waals surface area contributed by atoms with Crippen LogP contribution in [0.25, 0.3) is 0 Å². The summed E-state index contributed by atoms with van der Waals surface area (Å²) >= 11 is 0. The normalized spacial score (nSPS) is 25.7. The Morgan fingerprint density at radius 2 is 1.57 bits per heavy atom. The third kappa shape index (κ3) is 3.32. The summed E-state index contributed by atoms with van der Waals surface area (Å²) in [7, 11) is 0. The quantitative estimate of drug-likeness (QED) is 0.906. The molecule has 0 bridgehead atoms. The summed E-state index contributed by atoms with van der Waals surface area (Å²) < 4.78 is 6.34. The number of rotatable bonds is 4. The summed E-state index contributed by atoms with van der Waals surface area (Å²) in [4.78, 5) is 0. The van der Waals surface area contributed by atoms with Gasteiger partial charge in [0.15, 0.2) is 0 Å². The smallest absolute Gasteiger partial charge is 0.102 e. The van der Waals surface area contributed by atoms with Gasteiger partial charge in [0.2, 0.25) is 0 Å². The van der Waals surface area contributed by atoms with Gasteiger partial charge in [-0.25, -0.2) is 0 Å². The standard InChI is InChI=1S/C18H22N2O/c19-12-11-16-13-20-17(14-7-3-1-4-8-14)18(21-16)15-9-5-2-6-10-15/h1-10,16-18,20H,11-13,19H2/t16-,17-,18+/m1/s1. The van der Waals surface area contributed by atoms with Gasteiger partial charge in [-0.3, -0.25) is 0 Å². The Labute approximate surface area is 126 Å². The van der Waals surface area contributed by atoms with Gasteiger partial charge < -0.3 is 15.8 Å². The van der Waals surface area contributed by atoms with Gasteiger partial charge >= 0.3 is 0 Å². The largest absolute Gasteiger partial charge is 0.367 e. The molecule has 0 aromatic heterocycles. The van der Waals surface area contributed by atoms with Gasteiger partial charge in [-0.1, -0.05) is 60.7 Å². The van der Waals surface area contributed by atoms with Crippen molar-refractivity contribution >= 4 is 0 Å². The van der Waals surface area contributed by atoms with Crippen molar-refractivity contribution in [1.82, 2.24) is 5.32 Å². The summed E-state index contributed by atoms with van der Waals surface area (Å²) in [5, 5.41) is 3.64. The highest BCUT2D eigenvalue weighted by Gasteiger charge is 2.32. The summed E-state index contributed by atoms with van der Waals surface area (Å²) in [6.45, 7) is 1.50. The first-order valence-corrected chi connectivity index (χ1v) is 7.57. The third-order valence-corrected chi connectivity index (χ3v) is 3.98. The molecule has 21 heavy (non-hydrogen) atoms. The zero-order valence-electron chi connectivity index (χ0n) is 12.1. The molecule has 0 aliphatic carbocycles. The topological polar surface area (TPSA) is 47.3 Å². The molecule has 3 heteroatoms. The lowest BCUT2D eigenvalue weighted by atomic mass is 9.93. The molecular formula is C18H22N2O. The van der Waals surface area contributed by atoms with Crippen LogP contribution in [0.15, 0.2) is 60.7 Å². The van der Waals surface area contributed by atoms with Crippen molar-refractivity contribution in [3.8, 4) is 0 Å². The summed E-state index contributed by atoms with van der Waals surface area (Å²) in [5.41, 5.74) is 8.15. The number of hydrogen-bond donors (Lipinski definition) is 2. The van der Waals surface area contributed by atoms with Crippen molar-refractivity contribution in [2.24, 2.45) is 5.73 Å². The highest BCUT2D eigenvalue weighted by Crippen LogP contribution is 2.36. The lowest BCUT2D eigenvalue weighted by molar-refractivity contribution is -0.0682. The van der Waals surface area contributed by atoms with E-state index in [2.05, 4.69) is 53.8 Å². The van der Waals surface area contributed by atoms with Crippen molar-refractivity contribution in [3.05, 3.63) is 71.8 Å². The molecule has 1 fully saturated rings. The first kappa shape index (κ1) is 14.3. The Morgan fingerprint density at radius 3 is 2.19 bits per heavy atom. The Kier molecular flexibility index (Phi) is 4.65. The number of hydrogen-bond acceptors (Lipinski definition) is 3. The second-order valence-electron chi connectivity index (χ2n) is 5.46. The molecule has 2 aromatic rings. The van der Waals surface area contributed by atoms with Crippen LogP contribution in [-0.2, 0) is 4.74 Å². The van der Waals surface area contributed by atoms with Gasteiger partial charge in [-0.2, -0.15) is 0 Å². The lowest BCUT2D eigenvalue weighted by Gasteiger charge is -2.38. The fourth-order valence-electron chi connectivity index (χ4n) is 2.92. The molecule has 0 unspecified atom stereocenters. The van der Waals surface area contributed by atoms with E-state index in [4.69, 9.17) is 10.5 Å². The lowest BCUT2D eigenvalue weighted by Crippen LogP contribution is -2.43. The molecule has 2 aromatic carbocycles. The van der Waals surface area contributed by atoms with Gasteiger partial charge in [-0.05, 0) is 24.1 Å². The number of nitrogens with two attached hydrogens (primary N) is 1. The highest BCUT2D eigenvalue weighted by atomic mass is 16.5. The zero-order valence-corrected chi connectivity index (χ0v) is 12.1. The minimum Gasteiger partial charge on any atom is -0.367 e. The maximum absolute atomic E-state index is 6.34. The van der Waals surface area contributed by atoms with Crippen LogP contribution in [0, 0.1) is 0 Å². The summed E-state index contributed by atoms with van der Waals surface area (Å²) in [6, 6.07) is 21.1. The molecule has 3 N–H and O–H groups in total. The number of ether oxygens (including phenoxy) is 1. The molecule has 3 rings (SSSR count). The molecule has 1 heterocycles. The van der Waals surface area contributed by atoms with E-state index in [1.165, 1.54) is 11.1 Å². The number of morpholine rings is 1. The van der Waals surface area contributed by atoms with Crippen molar-refractivity contribution in [2.45, 2.75) is 24.7 Å². The van der Waals surface area contributed by atoms with Crippen molar-refractivity contribution in [1.29, 1.82) is 0 Å². The molecule has 1 aliphatic rings. The van der Waals surface area contributed by atoms with Crippen molar-refractivity contribution in [2.75, 3.05) is 13.1 Å². The fourth-order valence-corrected chi connectivity index (χ4v) is 2.92. The van der Waals surface area contributed by atoms with Gasteiger partial charge in [-0.15, -0.1) is 0 Å². The molecule has 0 amide bonds. The van der Waals surface area contributed by atoms with Crippen molar-refractivity contribution in [3.63, 3.8) is 0 Å². The zero-order chi connectivity index (χ0) is 14.5. The molecule has 1 saturated heterocycles. The number of benzene rings is 2. The minimum absolute atomic E-state index is 0.0268. The van der Waals surface area contributed by atoms with E-state index in [-0.39, 0.29) is 18.2 Å². The van der Waals surface area contributed by atoms with Gasteiger partial charge in [0, 0.05) is 6.54 Å². The average molecular weight is 282 g/mol. The van der Waals surface area contributed by atoms with Gasteiger partial charge in [0.1, 0.15) is 6.10 Å². The molecule has 3 nitrogen and oxygen atoms in total. The molecule has 110 valence electrons. The molecule has 3 atom stereocenters. The maximum atomic E-state index is 6.34. The highest BCUT2D eigenvalue weighted by molar-refractivity contribution is 5.27. The third-order valence-electron chi connectivity index (χ3n) is 3.98. The van der Waals surface area contributed by atoms with Crippen molar-refractivity contribution < 1.29 is 4.74 Å².